The van der Waals surface area contributed by atoms with Gasteiger partial charge in [-0.15, -0.1) is 0 Å². The Morgan fingerprint density at radius 2 is 1.97 bits per heavy atom. The van der Waals surface area contributed by atoms with Gasteiger partial charge in [0.05, 0.1) is 12.9 Å². The molecule has 2 aliphatic rings. The highest BCUT2D eigenvalue weighted by molar-refractivity contribution is 6.31. The predicted octanol–water partition coefficient (Wildman–Crippen LogP) is 3.15. The minimum absolute atomic E-state index is 0.0615. The Kier molecular flexibility index (Phi) is 6.74. The number of carbonyl (C=O) groups is 3. The maximum atomic E-state index is 13.6. The standard InChI is InChI=1S/C24H30ClN5O3/c1-3-12-30-22(32)20-19(21(31)26-13-16-8-4-7-11-18(16)25)27-15-29(20)14-24(30,2)23(33)28-17-9-5-6-10-17/h4,7-8,11,15,17H,3,5-6,9-10,12-14H2,1-2H3,(H,26,31)(H,28,33)/t24-/m0/s1. The van der Waals surface area contributed by atoms with Gasteiger partial charge in [0.2, 0.25) is 5.91 Å². The summed E-state index contributed by atoms with van der Waals surface area (Å²) in [6.07, 6.45) is 6.32. The Morgan fingerprint density at radius 3 is 2.67 bits per heavy atom. The summed E-state index contributed by atoms with van der Waals surface area (Å²) >= 11 is 6.18. The van der Waals surface area contributed by atoms with Crippen molar-refractivity contribution in [3.8, 4) is 0 Å². The minimum atomic E-state index is -1.05. The van der Waals surface area contributed by atoms with E-state index in [1.165, 1.54) is 6.33 Å². The fourth-order valence-electron chi connectivity index (χ4n) is 4.74. The van der Waals surface area contributed by atoms with Crippen LogP contribution in [0, 0.1) is 0 Å². The normalized spacial score (nSPS) is 20.6. The van der Waals surface area contributed by atoms with Crippen LogP contribution in [0.4, 0.5) is 0 Å². The summed E-state index contributed by atoms with van der Waals surface area (Å²) in [6.45, 7) is 4.65. The van der Waals surface area contributed by atoms with Gasteiger partial charge in [-0.3, -0.25) is 14.4 Å². The quantitative estimate of drug-likeness (QED) is 0.648. The first-order valence-corrected chi connectivity index (χ1v) is 11.9. The Morgan fingerprint density at radius 1 is 1.24 bits per heavy atom. The number of fused-ring (bicyclic) bond motifs is 1. The lowest BCUT2D eigenvalue weighted by atomic mass is 9.93. The van der Waals surface area contributed by atoms with Crippen molar-refractivity contribution >= 4 is 29.3 Å². The van der Waals surface area contributed by atoms with Crippen LogP contribution in [0.15, 0.2) is 30.6 Å². The molecule has 8 nitrogen and oxygen atoms in total. The van der Waals surface area contributed by atoms with Crippen molar-refractivity contribution in [2.75, 3.05) is 6.54 Å². The van der Waals surface area contributed by atoms with Crippen LogP contribution in [0.3, 0.4) is 0 Å². The summed E-state index contributed by atoms with van der Waals surface area (Å²) in [5, 5.41) is 6.50. The number of aromatic nitrogens is 2. The first-order chi connectivity index (χ1) is 15.8. The first-order valence-electron chi connectivity index (χ1n) is 11.5. The van der Waals surface area contributed by atoms with Crippen molar-refractivity contribution in [3.05, 3.63) is 52.6 Å². The number of carbonyl (C=O) groups excluding carboxylic acids is 3. The molecule has 3 amide bonds. The lowest BCUT2D eigenvalue weighted by Gasteiger charge is -2.44. The maximum absolute atomic E-state index is 13.6. The van der Waals surface area contributed by atoms with E-state index in [1.54, 1.807) is 22.5 Å². The van der Waals surface area contributed by atoms with Gasteiger partial charge in [0, 0.05) is 24.2 Å². The highest BCUT2D eigenvalue weighted by atomic mass is 35.5. The summed E-state index contributed by atoms with van der Waals surface area (Å²) in [5.41, 5.74) is 0.00246. The summed E-state index contributed by atoms with van der Waals surface area (Å²) in [6, 6.07) is 7.40. The van der Waals surface area contributed by atoms with Crippen LogP contribution < -0.4 is 10.6 Å². The average Bonchev–Trinajstić information content (AvgIpc) is 3.45. The van der Waals surface area contributed by atoms with Gasteiger partial charge in [0.25, 0.3) is 11.8 Å². The van der Waals surface area contributed by atoms with Crippen LogP contribution in [-0.4, -0.2) is 50.3 Å². The van der Waals surface area contributed by atoms with Crippen LogP contribution >= 0.6 is 11.6 Å². The molecule has 1 saturated carbocycles. The number of nitrogens with zero attached hydrogens (tertiary/aromatic N) is 3. The van der Waals surface area contributed by atoms with Crippen molar-refractivity contribution in [3.63, 3.8) is 0 Å². The number of nitrogens with one attached hydrogen (secondary N) is 2. The number of halogens is 1. The van der Waals surface area contributed by atoms with Gasteiger partial charge in [-0.1, -0.05) is 49.6 Å². The van der Waals surface area contributed by atoms with E-state index in [-0.39, 0.29) is 42.3 Å². The molecule has 0 bridgehead atoms. The molecule has 2 N–H and O–H groups in total. The van der Waals surface area contributed by atoms with Crippen molar-refractivity contribution in [2.24, 2.45) is 0 Å². The number of benzene rings is 1. The molecular formula is C24H30ClN5O3. The highest BCUT2D eigenvalue weighted by Gasteiger charge is 2.48. The van der Waals surface area contributed by atoms with Gasteiger partial charge in [-0.2, -0.15) is 0 Å². The van der Waals surface area contributed by atoms with Crippen LogP contribution in [0.5, 0.6) is 0 Å². The SMILES string of the molecule is CCCN1C(=O)c2c(C(=O)NCc3ccccc3Cl)ncn2C[C@@]1(C)C(=O)NC1CCCC1. The Hall–Kier alpha value is -2.87. The Bertz CT molecular complexity index is 1060. The monoisotopic (exact) mass is 471 g/mol. The first kappa shape index (κ1) is 23.3. The van der Waals surface area contributed by atoms with Crippen molar-refractivity contribution in [1.29, 1.82) is 0 Å². The van der Waals surface area contributed by atoms with Gasteiger partial charge < -0.3 is 20.1 Å². The fourth-order valence-corrected chi connectivity index (χ4v) is 4.94. The van der Waals surface area contributed by atoms with Gasteiger partial charge >= 0.3 is 0 Å². The third kappa shape index (κ3) is 4.49. The molecule has 4 rings (SSSR count). The second kappa shape index (κ2) is 9.55. The number of hydrogen-bond donors (Lipinski definition) is 2. The zero-order valence-electron chi connectivity index (χ0n) is 19.1. The summed E-state index contributed by atoms with van der Waals surface area (Å²) in [4.78, 5) is 45.6. The average molecular weight is 472 g/mol. The van der Waals surface area contributed by atoms with Crippen LogP contribution in [0.2, 0.25) is 5.02 Å². The molecule has 1 aromatic carbocycles. The molecular weight excluding hydrogens is 442 g/mol. The van der Waals surface area contributed by atoms with Crippen molar-refractivity contribution < 1.29 is 14.4 Å². The molecule has 33 heavy (non-hydrogen) atoms. The molecule has 0 saturated heterocycles. The molecule has 176 valence electrons. The highest BCUT2D eigenvalue weighted by Crippen LogP contribution is 2.30. The molecule has 1 fully saturated rings. The van der Waals surface area contributed by atoms with E-state index in [0.717, 1.165) is 31.2 Å². The zero-order valence-corrected chi connectivity index (χ0v) is 19.8. The van der Waals surface area contributed by atoms with Gasteiger partial charge in [-0.25, -0.2) is 4.98 Å². The molecule has 0 spiro atoms. The second-order valence-corrected chi connectivity index (χ2v) is 9.44. The van der Waals surface area contributed by atoms with E-state index in [4.69, 9.17) is 11.6 Å². The molecule has 1 aliphatic carbocycles. The molecule has 9 heteroatoms. The molecule has 1 aliphatic heterocycles. The summed E-state index contributed by atoms with van der Waals surface area (Å²) in [7, 11) is 0. The second-order valence-electron chi connectivity index (χ2n) is 9.03. The fraction of sp³-hybridized carbons (Fsp3) is 0.500. The topological polar surface area (TPSA) is 96.3 Å². The van der Waals surface area contributed by atoms with E-state index in [0.29, 0.717) is 18.0 Å². The van der Waals surface area contributed by atoms with E-state index in [9.17, 15) is 14.4 Å². The van der Waals surface area contributed by atoms with Crippen LogP contribution in [0.25, 0.3) is 0 Å². The van der Waals surface area contributed by atoms with Crippen LogP contribution in [-0.2, 0) is 17.9 Å². The number of rotatable bonds is 7. The molecule has 0 unspecified atom stereocenters. The molecule has 1 atom stereocenters. The van der Waals surface area contributed by atoms with E-state index in [2.05, 4.69) is 15.6 Å². The van der Waals surface area contributed by atoms with E-state index >= 15 is 0 Å². The minimum Gasteiger partial charge on any atom is -0.351 e. The smallest absolute Gasteiger partial charge is 0.273 e. The predicted molar refractivity (Wildman–Crippen MR) is 125 cm³/mol. The van der Waals surface area contributed by atoms with E-state index < -0.39 is 11.4 Å². The van der Waals surface area contributed by atoms with Gasteiger partial charge in [0.1, 0.15) is 11.2 Å². The molecule has 2 aromatic rings. The number of hydrogen-bond acceptors (Lipinski definition) is 4. The van der Waals surface area contributed by atoms with Gasteiger partial charge in [0.15, 0.2) is 5.69 Å². The third-order valence-corrected chi connectivity index (χ3v) is 6.97. The number of amides is 3. The maximum Gasteiger partial charge on any atom is 0.273 e. The lowest BCUT2D eigenvalue weighted by Crippen LogP contribution is -2.65. The Labute approximate surface area is 198 Å². The van der Waals surface area contributed by atoms with Crippen molar-refractivity contribution in [2.45, 2.75) is 70.6 Å². The molecule has 2 heterocycles. The lowest BCUT2D eigenvalue weighted by molar-refractivity contribution is -0.133. The number of imidazole rings is 1. The Balaban J connectivity index is 1.57. The summed E-state index contributed by atoms with van der Waals surface area (Å²) in [5.74, 6) is -0.958. The molecule has 0 radical (unpaired) electrons. The van der Waals surface area contributed by atoms with E-state index in [1.807, 2.05) is 25.1 Å². The van der Waals surface area contributed by atoms with Gasteiger partial charge in [-0.05, 0) is 37.8 Å². The van der Waals surface area contributed by atoms with Crippen molar-refractivity contribution in [1.82, 2.24) is 25.1 Å². The molecule has 1 aromatic heterocycles. The summed E-state index contributed by atoms with van der Waals surface area (Å²) < 4.78 is 1.63. The largest absolute Gasteiger partial charge is 0.351 e. The zero-order chi connectivity index (χ0) is 23.6. The third-order valence-electron chi connectivity index (χ3n) is 6.60. The van der Waals surface area contributed by atoms with Crippen LogP contribution in [0.1, 0.15) is 72.5 Å².